The van der Waals surface area contributed by atoms with E-state index in [0.717, 1.165) is 5.56 Å². The van der Waals surface area contributed by atoms with Gasteiger partial charge in [-0.2, -0.15) is 0 Å². The first-order chi connectivity index (χ1) is 11.1. The van der Waals surface area contributed by atoms with E-state index in [-0.39, 0.29) is 17.5 Å². The number of carbonyl (C=O) groups excluding carboxylic acids is 1. The lowest BCUT2D eigenvalue weighted by Crippen LogP contribution is -2.32. The number of hydrogen-bond donors (Lipinski definition) is 0. The van der Waals surface area contributed by atoms with Gasteiger partial charge in [-0.3, -0.25) is 14.7 Å². The number of halogens is 2. The molecule has 2 aromatic carbocycles. The minimum Gasteiger partial charge on any atom is -0.286 e. The summed E-state index contributed by atoms with van der Waals surface area (Å²) in [5.74, 6) is -0.329. The zero-order valence-corrected chi connectivity index (χ0v) is 13.0. The molecule has 0 saturated carbocycles. The van der Waals surface area contributed by atoms with Crippen LogP contribution in [-0.2, 0) is 5.75 Å². The van der Waals surface area contributed by atoms with Crippen molar-refractivity contribution >= 4 is 22.8 Å². The molecule has 2 aromatic rings. The van der Waals surface area contributed by atoms with Crippen LogP contribution in [0.2, 0.25) is 0 Å². The summed E-state index contributed by atoms with van der Waals surface area (Å²) in [4.78, 5) is 18.4. The zero-order valence-electron chi connectivity index (χ0n) is 12.2. The van der Waals surface area contributed by atoms with E-state index in [1.165, 1.54) is 48.2 Å². The average Bonchev–Trinajstić information content (AvgIpc) is 3.01. The molecule has 0 aliphatic carbocycles. The molecule has 0 aromatic heterocycles. The number of rotatable bonds is 3. The highest BCUT2D eigenvalue weighted by molar-refractivity contribution is 8.13. The number of amides is 1. The van der Waals surface area contributed by atoms with E-state index in [1.54, 1.807) is 11.0 Å². The molecule has 0 N–H and O–H groups in total. The predicted molar refractivity (Wildman–Crippen MR) is 87.4 cm³/mol. The van der Waals surface area contributed by atoms with Crippen LogP contribution in [0.25, 0.3) is 0 Å². The van der Waals surface area contributed by atoms with Gasteiger partial charge in [0.1, 0.15) is 11.6 Å². The second-order valence-electron chi connectivity index (χ2n) is 5.05. The fourth-order valence-electron chi connectivity index (χ4n) is 2.26. The van der Waals surface area contributed by atoms with Crippen LogP contribution >= 0.6 is 11.8 Å². The molecule has 0 fully saturated rings. The van der Waals surface area contributed by atoms with Crippen LogP contribution in [0.5, 0.6) is 0 Å². The maximum atomic E-state index is 13.2. The van der Waals surface area contributed by atoms with Crippen molar-refractivity contribution in [3.63, 3.8) is 0 Å². The third kappa shape index (κ3) is 3.76. The largest absolute Gasteiger partial charge is 0.286 e. The van der Waals surface area contributed by atoms with E-state index in [9.17, 15) is 13.6 Å². The van der Waals surface area contributed by atoms with Gasteiger partial charge in [-0.25, -0.2) is 8.78 Å². The molecule has 3 rings (SSSR count). The number of benzene rings is 2. The number of amidine groups is 1. The van der Waals surface area contributed by atoms with E-state index in [4.69, 9.17) is 0 Å². The molecule has 0 spiro atoms. The van der Waals surface area contributed by atoms with Crippen LogP contribution in [-0.4, -0.2) is 29.1 Å². The van der Waals surface area contributed by atoms with Crippen molar-refractivity contribution in [1.82, 2.24) is 4.90 Å². The summed E-state index contributed by atoms with van der Waals surface area (Å²) < 4.78 is 26.2. The molecular weight excluding hydrogens is 318 g/mol. The molecule has 0 bridgehead atoms. The Labute approximate surface area is 137 Å². The molecule has 1 aliphatic heterocycles. The Morgan fingerprint density at radius 3 is 2.65 bits per heavy atom. The highest BCUT2D eigenvalue weighted by atomic mass is 32.2. The fraction of sp³-hybridized carbons (Fsp3) is 0.176. The Kier molecular flexibility index (Phi) is 4.71. The summed E-state index contributed by atoms with van der Waals surface area (Å²) in [6.07, 6.45) is 0. The highest BCUT2D eigenvalue weighted by Crippen LogP contribution is 2.21. The zero-order chi connectivity index (χ0) is 16.2. The van der Waals surface area contributed by atoms with Gasteiger partial charge >= 0.3 is 0 Å². The number of aliphatic imine (C=N–C) groups is 1. The molecule has 1 aliphatic rings. The molecule has 3 nitrogen and oxygen atoms in total. The van der Waals surface area contributed by atoms with Crippen LogP contribution in [0.4, 0.5) is 8.78 Å². The smallest absolute Gasteiger partial charge is 0.259 e. The van der Waals surface area contributed by atoms with E-state index < -0.39 is 0 Å². The lowest BCUT2D eigenvalue weighted by Gasteiger charge is -2.18. The van der Waals surface area contributed by atoms with Crippen molar-refractivity contribution in [2.45, 2.75) is 5.75 Å². The monoisotopic (exact) mass is 332 g/mol. The molecule has 1 heterocycles. The van der Waals surface area contributed by atoms with Crippen molar-refractivity contribution in [2.24, 2.45) is 4.99 Å². The summed E-state index contributed by atoms with van der Waals surface area (Å²) in [6.45, 7) is 1.04. The minimum absolute atomic E-state index is 0.201. The number of nitrogens with zero attached hydrogens (tertiary/aromatic N) is 2. The van der Waals surface area contributed by atoms with Gasteiger partial charge in [-0.1, -0.05) is 23.9 Å². The molecule has 0 atom stereocenters. The standard InChI is InChI=1S/C17H14F2N2OS/c18-14-6-4-13(5-7-14)16(22)21-9-8-20-17(21)23-11-12-2-1-3-15(19)10-12/h1-7,10H,8-9,11H2. The van der Waals surface area contributed by atoms with Crippen molar-refractivity contribution in [2.75, 3.05) is 13.1 Å². The molecule has 6 heteroatoms. The van der Waals surface area contributed by atoms with Crippen molar-refractivity contribution < 1.29 is 13.6 Å². The Balaban J connectivity index is 1.67. The molecule has 0 saturated heterocycles. The summed E-state index contributed by atoms with van der Waals surface area (Å²) in [7, 11) is 0. The van der Waals surface area contributed by atoms with Gasteiger partial charge < -0.3 is 0 Å². The van der Waals surface area contributed by atoms with Gasteiger partial charge in [0.2, 0.25) is 0 Å². The lowest BCUT2D eigenvalue weighted by atomic mass is 10.2. The van der Waals surface area contributed by atoms with Crippen LogP contribution in [0.15, 0.2) is 53.5 Å². The minimum atomic E-state index is -0.377. The molecule has 1 amide bonds. The summed E-state index contributed by atoms with van der Waals surface area (Å²) >= 11 is 1.39. The highest BCUT2D eigenvalue weighted by Gasteiger charge is 2.25. The molecule has 118 valence electrons. The van der Waals surface area contributed by atoms with Gasteiger partial charge in [0.25, 0.3) is 5.91 Å². The molecule has 0 radical (unpaired) electrons. The second-order valence-corrected chi connectivity index (χ2v) is 5.99. The number of carbonyl (C=O) groups is 1. The SMILES string of the molecule is O=C(c1ccc(F)cc1)N1CCN=C1SCc1cccc(F)c1. The quantitative estimate of drug-likeness (QED) is 0.858. The maximum Gasteiger partial charge on any atom is 0.259 e. The van der Waals surface area contributed by atoms with Crippen molar-refractivity contribution in [3.05, 3.63) is 71.3 Å². The molecular formula is C17H14F2N2OS. The Morgan fingerprint density at radius 2 is 1.91 bits per heavy atom. The first-order valence-electron chi connectivity index (χ1n) is 7.12. The van der Waals surface area contributed by atoms with Gasteiger partial charge in [0.15, 0.2) is 5.17 Å². The number of hydrogen-bond acceptors (Lipinski definition) is 3. The fourth-order valence-corrected chi connectivity index (χ4v) is 3.25. The van der Waals surface area contributed by atoms with E-state index in [0.29, 0.717) is 29.6 Å². The van der Waals surface area contributed by atoms with Crippen molar-refractivity contribution in [3.8, 4) is 0 Å². The Bertz CT molecular complexity index is 747. The van der Waals surface area contributed by atoms with Crippen LogP contribution < -0.4 is 0 Å². The van der Waals surface area contributed by atoms with Crippen LogP contribution in [0, 0.1) is 11.6 Å². The van der Waals surface area contributed by atoms with Gasteiger partial charge in [-0.15, -0.1) is 0 Å². The van der Waals surface area contributed by atoms with Crippen LogP contribution in [0.1, 0.15) is 15.9 Å². The predicted octanol–water partition coefficient (Wildman–Crippen LogP) is 3.71. The molecule has 0 unspecified atom stereocenters. The van der Waals surface area contributed by atoms with Gasteiger partial charge in [0.05, 0.1) is 6.54 Å². The summed E-state index contributed by atoms with van der Waals surface area (Å²) in [5, 5.41) is 0.614. The third-order valence-electron chi connectivity index (χ3n) is 3.39. The third-order valence-corrected chi connectivity index (χ3v) is 4.48. The van der Waals surface area contributed by atoms with E-state index in [2.05, 4.69) is 4.99 Å². The van der Waals surface area contributed by atoms with Crippen LogP contribution in [0.3, 0.4) is 0 Å². The molecule has 23 heavy (non-hydrogen) atoms. The van der Waals surface area contributed by atoms with Gasteiger partial charge in [0, 0.05) is 17.9 Å². The van der Waals surface area contributed by atoms with E-state index >= 15 is 0 Å². The normalized spacial score (nSPS) is 14.0. The first-order valence-corrected chi connectivity index (χ1v) is 8.11. The summed E-state index contributed by atoms with van der Waals surface area (Å²) in [5.41, 5.74) is 1.26. The second kappa shape index (κ2) is 6.91. The first kappa shape index (κ1) is 15.7. The Hall–Kier alpha value is -2.21. The maximum absolute atomic E-state index is 13.2. The van der Waals surface area contributed by atoms with Gasteiger partial charge in [-0.05, 0) is 42.0 Å². The average molecular weight is 332 g/mol. The van der Waals surface area contributed by atoms with E-state index in [1.807, 2.05) is 6.07 Å². The summed E-state index contributed by atoms with van der Waals surface area (Å²) in [6, 6.07) is 11.8. The number of thioether (sulfide) groups is 1. The van der Waals surface area contributed by atoms with Crippen molar-refractivity contribution in [1.29, 1.82) is 0 Å². The lowest BCUT2D eigenvalue weighted by molar-refractivity contribution is 0.0860. The Morgan fingerprint density at radius 1 is 1.13 bits per heavy atom. The topological polar surface area (TPSA) is 32.7 Å².